The zero-order chi connectivity index (χ0) is 19.7. The van der Waals surface area contributed by atoms with Gasteiger partial charge in [0, 0.05) is 5.56 Å². The van der Waals surface area contributed by atoms with Gasteiger partial charge in [-0.25, -0.2) is 9.07 Å². The highest BCUT2D eigenvalue weighted by Crippen LogP contribution is 2.41. The quantitative estimate of drug-likeness (QED) is 0.876. The maximum atomic E-state index is 13.7. The Morgan fingerprint density at radius 2 is 2.07 bits per heavy atom. The molecule has 150 valence electrons. The molecule has 1 aliphatic heterocycles. The van der Waals surface area contributed by atoms with E-state index in [1.54, 1.807) is 6.07 Å². The molecule has 0 unspecified atom stereocenters. The van der Waals surface area contributed by atoms with Gasteiger partial charge in [0.2, 0.25) is 5.91 Å². The molecule has 1 fully saturated rings. The van der Waals surface area contributed by atoms with Gasteiger partial charge in [-0.3, -0.25) is 9.69 Å². The lowest BCUT2D eigenvalue weighted by molar-refractivity contribution is -0.123. The van der Waals surface area contributed by atoms with Crippen molar-refractivity contribution in [2.45, 2.75) is 52.0 Å². The van der Waals surface area contributed by atoms with E-state index < -0.39 is 0 Å². The third kappa shape index (κ3) is 4.12. The number of hydrogen-bond donors (Lipinski definition) is 1. The van der Waals surface area contributed by atoms with Crippen molar-refractivity contribution in [3.8, 4) is 5.69 Å². The van der Waals surface area contributed by atoms with Crippen molar-refractivity contribution in [1.29, 1.82) is 0 Å². The highest BCUT2D eigenvalue weighted by atomic mass is 19.1. The third-order valence-electron chi connectivity index (χ3n) is 5.88. The first-order valence-corrected chi connectivity index (χ1v) is 10.3. The number of piperidine rings is 1. The van der Waals surface area contributed by atoms with Crippen LogP contribution in [0.25, 0.3) is 5.69 Å². The lowest BCUT2D eigenvalue weighted by Crippen LogP contribution is -2.43. The fraction of sp³-hybridized carbons (Fsp3) is 0.545. The fourth-order valence-electron chi connectivity index (χ4n) is 4.56. The van der Waals surface area contributed by atoms with E-state index in [4.69, 9.17) is 0 Å². The number of halogens is 1. The summed E-state index contributed by atoms with van der Waals surface area (Å²) in [4.78, 5) is 14.9. The van der Waals surface area contributed by atoms with Gasteiger partial charge in [0.15, 0.2) is 0 Å². The molecule has 1 saturated heterocycles. The van der Waals surface area contributed by atoms with Crippen LogP contribution in [0.5, 0.6) is 0 Å². The van der Waals surface area contributed by atoms with Gasteiger partial charge in [0.25, 0.3) is 0 Å². The number of nitrogens with one attached hydrogen (secondary N) is 1. The number of likely N-dealkylation sites (tertiary alicyclic amines) is 1. The first kappa shape index (κ1) is 19.1. The molecule has 2 heterocycles. The van der Waals surface area contributed by atoms with Crippen LogP contribution in [0.3, 0.4) is 0 Å². The molecule has 0 bridgehead atoms. The SMILES string of the molecule is CC1(C)Cc2c(cnn2-c2cccc(F)c2)[C@@H](NC(=O)CN2CCCCC2)C1. The number of hydrogen-bond acceptors (Lipinski definition) is 3. The summed E-state index contributed by atoms with van der Waals surface area (Å²) in [5, 5.41) is 7.78. The largest absolute Gasteiger partial charge is 0.348 e. The molecule has 1 N–H and O–H groups in total. The fourth-order valence-corrected chi connectivity index (χ4v) is 4.56. The zero-order valence-electron chi connectivity index (χ0n) is 16.7. The van der Waals surface area contributed by atoms with Crippen molar-refractivity contribution in [3.05, 3.63) is 47.5 Å². The molecule has 2 aliphatic rings. The number of fused-ring (bicyclic) bond motifs is 1. The highest BCUT2D eigenvalue weighted by molar-refractivity contribution is 5.78. The van der Waals surface area contributed by atoms with E-state index in [2.05, 4.69) is 29.2 Å². The van der Waals surface area contributed by atoms with Crippen LogP contribution in [-0.4, -0.2) is 40.2 Å². The maximum absolute atomic E-state index is 13.7. The van der Waals surface area contributed by atoms with Crippen LogP contribution in [-0.2, 0) is 11.2 Å². The molecule has 0 radical (unpaired) electrons. The Bertz CT molecular complexity index is 854. The number of nitrogens with zero attached hydrogens (tertiary/aromatic N) is 3. The highest BCUT2D eigenvalue weighted by Gasteiger charge is 2.36. The molecule has 1 aromatic carbocycles. The minimum atomic E-state index is -0.275. The van der Waals surface area contributed by atoms with Gasteiger partial charge in [-0.2, -0.15) is 5.10 Å². The summed E-state index contributed by atoms with van der Waals surface area (Å²) in [5.74, 6) is -0.197. The summed E-state index contributed by atoms with van der Waals surface area (Å²) in [6.07, 6.45) is 7.17. The molecular formula is C22H29FN4O. The number of carbonyl (C=O) groups excluding carboxylic acids is 1. The Labute approximate surface area is 165 Å². The maximum Gasteiger partial charge on any atom is 0.234 e. The van der Waals surface area contributed by atoms with E-state index >= 15 is 0 Å². The number of carbonyl (C=O) groups is 1. The minimum Gasteiger partial charge on any atom is -0.348 e. The molecular weight excluding hydrogens is 355 g/mol. The molecule has 6 heteroatoms. The second-order valence-corrected chi connectivity index (χ2v) is 8.94. The molecule has 0 saturated carbocycles. The summed E-state index contributed by atoms with van der Waals surface area (Å²) in [6, 6.07) is 6.44. The summed E-state index contributed by atoms with van der Waals surface area (Å²) in [7, 11) is 0. The first-order chi connectivity index (χ1) is 13.4. The Morgan fingerprint density at radius 3 is 2.82 bits per heavy atom. The molecule has 1 atom stereocenters. The number of rotatable bonds is 4. The van der Waals surface area contributed by atoms with Crippen molar-refractivity contribution in [1.82, 2.24) is 20.0 Å². The molecule has 0 spiro atoms. The first-order valence-electron chi connectivity index (χ1n) is 10.3. The van der Waals surface area contributed by atoms with Crippen LogP contribution in [0, 0.1) is 11.2 Å². The molecule has 1 amide bonds. The third-order valence-corrected chi connectivity index (χ3v) is 5.88. The molecule has 4 rings (SSSR count). The normalized spacial score (nSPS) is 21.9. The van der Waals surface area contributed by atoms with E-state index in [1.807, 2.05) is 16.9 Å². The molecule has 2 aromatic rings. The van der Waals surface area contributed by atoms with Gasteiger partial charge in [-0.15, -0.1) is 0 Å². The van der Waals surface area contributed by atoms with Crippen molar-refractivity contribution in [3.63, 3.8) is 0 Å². The molecule has 28 heavy (non-hydrogen) atoms. The average molecular weight is 384 g/mol. The molecule has 1 aromatic heterocycles. The Hall–Kier alpha value is -2.21. The van der Waals surface area contributed by atoms with Gasteiger partial charge >= 0.3 is 0 Å². The zero-order valence-corrected chi connectivity index (χ0v) is 16.7. The van der Waals surface area contributed by atoms with Gasteiger partial charge in [-0.05, 0) is 62.4 Å². The second-order valence-electron chi connectivity index (χ2n) is 8.94. The Kier molecular flexibility index (Phi) is 5.23. The van der Waals surface area contributed by atoms with Crippen LogP contribution in [0.15, 0.2) is 30.5 Å². The minimum absolute atomic E-state index is 0.0289. The van der Waals surface area contributed by atoms with E-state index in [-0.39, 0.29) is 23.2 Å². The number of amides is 1. The van der Waals surface area contributed by atoms with Gasteiger partial charge in [-0.1, -0.05) is 26.3 Å². The monoisotopic (exact) mass is 384 g/mol. The van der Waals surface area contributed by atoms with E-state index in [0.717, 1.165) is 42.9 Å². The predicted octanol–water partition coefficient (Wildman–Crippen LogP) is 3.63. The number of aromatic nitrogens is 2. The van der Waals surface area contributed by atoms with Crippen molar-refractivity contribution < 1.29 is 9.18 Å². The van der Waals surface area contributed by atoms with Crippen molar-refractivity contribution >= 4 is 5.91 Å². The number of benzene rings is 1. The predicted molar refractivity (Wildman–Crippen MR) is 107 cm³/mol. The summed E-state index contributed by atoms with van der Waals surface area (Å²) in [6.45, 7) is 6.90. The van der Waals surface area contributed by atoms with E-state index in [9.17, 15) is 9.18 Å². The summed E-state index contributed by atoms with van der Waals surface area (Å²) >= 11 is 0. The molecule has 5 nitrogen and oxygen atoms in total. The lowest BCUT2D eigenvalue weighted by atomic mass is 9.74. The smallest absolute Gasteiger partial charge is 0.234 e. The van der Waals surface area contributed by atoms with Crippen LogP contribution in [0.2, 0.25) is 0 Å². The van der Waals surface area contributed by atoms with E-state index in [0.29, 0.717) is 6.54 Å². The standard InChI is InChI=1S/C22H29FN4O/c1-22(2)12-19(25-21(28)15-26-9-4-3-5-10-26)18-14-24-27(20(18)13-22)17-8-6-7-16(23)11-17/h6-8,11,14,19H,3-5,9-10,12-13,15H2,1-2H3,(H,25,28)/t19-/m0/s1. The Balaban J connectivity index is 1.56. The van der Waals surface area contributed by atoms with Crippen LogP contribution >= 0.6 is 0 Å². The van der Waals surface area contributed by atoms with Crippen LogP contribution in [0.4, 0.5) is 4.39 Å². The average Bonchev–Trinajstić information content (AvgIpc) is 3.05. The van der Waals surface area contributed by atoms with Gasteiger partial charge < -0.3 is 5.32 Å². The van der Waals surface area contributed by atoms with Crippen molar-refractivity contribution in [2.24, 2.45) is 5.41 Å². The summed E-state index contributed by atoms with van der Waals surface area (Å²) < 4.78 is 15.5. The Morgan fingerprint density at radius 1 is 1.29 bits per heavy atom. The van der Waals surface area contributed by atoms with Crippen LogP contribution < -0.4 is 5.32 Å². The topological polar surface area (TPSA) is 50.2 Å². The summed E-state index contributed by atoms with van der Waals surface area (Å²) in [5.41, 5.74) is 2.86. The lowest BCUT2D eigenvalue weighted by Gasteiger charge is -2.36. The van der Waals surface area contributed by atoms with Crippen LogP contribution in [0.1, 0.15) is 56.8 Å². The van der Waals surface area contributed by atoms with E-state index in [1.165, 1.54) is 31.4 Å². The molecule has 1 aliphatic carbocycles. The van der Waals surface area contributed by atoms with Crippen molar-refractivity contribution in [2.75, 3.05) is 19.6 Å². The second kappa shape index (κ2) is 7.66. The van der Waals surface area contributed by atoms with Gasteiger partial charge in [0.05, 0.1) is 30.2 Å². The van der Waals surface area contributed by atoms with Gasteiger partial charge in [0.1, 0.15) is 5.82 Å².